The highest BCUT2D eigenvalue weighted by Gasteiger charge is 2.46. The lowest BCUT2D eigenvalue weighted by molar-refractivity contribution is -0.0635. The van der Waals surface area contributed by atoms with Gasteiger partial charge in [-0.05, 0) is 46.8 Å². The molecule has 1 amide bonds. The van der Waals surface area contributed by atoms with Gasteiger partial charge in [-0.1, -0.05) is 17.7 Å². The van der Waals surface area contributed by atoms with Gasteiger partial charge in [0.05, 0.1) is 23.2 Å². The van der Waals surface area contributed by atoms with Crippen molar-refractivity contribution in [2.45, 2.75) is 64.5 Å². The smallest absolute Gasteiger partial charge is 0.412 e. The third-order valence-corrected chi connectivity index (χ3v) is 5.41. The molecule has 1 aliphatic rings. The molecule has 0 aliphatic carbocycles. The first-order valence-electron chi connectivity index (χ1n) is 10.5. The van der Waals surface area contributed by atoms with Crippen molar-refractivity contribution in [2.24, 2.45) is 0 Å². The molecule has 0 spiro atoms. The van der Waals surface area contributed by atoms with Gasteiger partial charge < -0.3 is 14.2 Å². The average molecular weight is 476 g/mol. The number of amides is 1. The Balaban J connectivity index is 1.94. The first kappa shape index (κ1) is 24.7. The summed E-state index contributed by atoms with van der Waals surface area (Å²) in [6.07, 6.45) is 2.46. The van der Waals surface area contributed by atoms with Gasteiger partial charge in [0.2, 0.25) is 0 Å². The number of nitrogens with zero attached hydrogens (tertiary/aromatic N) is 3. The Labute approximate surface area is 198 Å². The van der Waals surface area contributed by atoms with Gasteiger partial charge in [-0.25, -0.2) is 9.18 Å². The Bertz CT molecular complexity index is 1050. The quantitative estimate of drug-likeness (QED) is 0.557. The maximum Gasteiger partial charge on any atom is 0.412 e. The Morgan fingerprint density at radius 1 is 1.45 bits per heavy atom. The maximum absolute atomic E-state index is 13.9. The van der Waals surface area contributed by atoms with Crippen LogP contribution in [0.15, 0.2) is 36.7 Å². The average Bonchev–Trinajstić information content (AvgIpc) is 3.03. The van der Waals surface area contributed by atoms with Crippen LogP contribution in [0.3, 0.4) is 0 Å². The fourth-order valence-corrected chi connectivity index (χ4v) is 3.82. The minimum Gasteiger partial charge on any atom is -0.484 e. The summed E-state index contributed by atoms with van der Waals surface area (Å²) in [5.41, 5.74) is -0.830. The lowest BCUT2D eigenvalue weighted by Crippen LogP contribution is -2.50. The molecule has 0 N–H and O–H groups in total. The minimum atomic E-state index is -0.885. The first-order valence-corrected chi connectivity index (χ1v) is 10.9. The molecule has 1 saturated heterocycles. The van der Waals surface area contributed by atoms with Gasteiger partial charge in [0.15, 0.2) is 0 Å². The molecule has 1 fully saturated rings. The van der Waals surface area contributed by atoms with Crippen molar-refractivity contribution >= 4 is 17.7 Å². The second-order valence-electron chi connectivity index (χ2n) is 9.26. The number of carbonyl (C=O) groups is 1. The van der Waals surface area contributed by atoms with Crippen LogP contribution in [-0.2, 0) is 9.47 Å². The topological polar surface area (TPSA) is 84.7 Å². The summed E-state index contributed by atoms with van der Waals surface area (Å²) in [6.45, 7) is 9.25. The number of halogens is 2. The van der Waals surface area contributed by atoms with Crippen molar-refractivity contribution in [3.63, 3.8) is 0 Å². The zero-order valence-electron chi connectivity index (χ0n) is 19.3. The van der Waals surface area contributed by atoms with Crippen molar-refractivity contribution in [1.82, 2.24) is 9.88 Å². The molecule has 0 radical (unpaired) electrons. The minimum absolute atomic E-state index is 0.0118. The number of benzene rings is 1. The highest BCUT2D eigenvalue weighted by atomic mass is 35.5. The van der Waals surface area contributed by atoms with E-state index in [0.29, 0.717) is 6.42 Å². The van der Waals surface area contributed by atoms with E-state index in [1.165, 1.54) is 6.07 Å². The molecule has 0 bridgehead atoms. The summed E-state index contributed by atoms with van der Waals surface area (Å²) >= 11 is 5.94. The number of hydrogen-bond donors (Lipinski definition) is 0. The van der Waals surface area contributed by atoms with Gasteiger partial charge in [-0.2, -0.15) is 5.26 Å². The lowest BCUT2D eigenvalue weighted by atomic mass is 10.0. The highest BCUT2D eigenvalue weighted by Crippen LogP contribution is 2.37. The second-order valence-corrected chi connectivity index (χ2v) is 9.67. The van der Waals surface area contributed by atoms with E-state index in [1.54, 1.807) is 58.0 Å². The van der Waals surface area contributed by atoms with Crippen molar-refractivity contribution in [1.29, 1.82) is 5.26 Å². The molecule has 1 aromatic carbocycles. The fourth-order valence-electron chi connectivity index (χ4n) is 3.67. The Kier molecular flexibility index (Phi) is 7.15. The van der Waals surface area contributed by atoms with E-state index in [1.807, 2.05) is 12.1 Å². The van der Waals surface area contributed by atoms with Gasteiger partial charge >= 0.3 is 6.09 Å². The molecule has 1 aromatic heterocycles. The fraction of sp³-hybridized carbons (Fsp3) is 0.458. The first-order chi connectivity index (χ1) is 15.4. The molecule has 3 rings (SSSR count). The number of hydrogen-bond acceptors (Lipinski definition) is 6. The van der Waals surface area contributed by atoms with Gasteiger partial charge in [-0.3, -0.25) is 9.88 Å². The van der Waals surface area contributed by atoms with E-state index in [4.69, 9.17) is 25.8 Å². The van der Waals surface area contributed by atoms with Crippen LogP contribution in [0.2, 0.25) is 5.02 Å². The highest BCUT2D eigenvalue weighted by molar-refractivity contribution is 6.30. The van der Waals surface area contributed by atoms with Crippen LogP contribution in [0.4, 0.5) is 9.18 Å². The van der Waals surface area contributed by atoms with Gasteiger partial charge in [0, 0.05) is 30.4 Å². The molecule has 2 aromatic rings. The summed E-state index contributed by atoms with van der Waals surface area (Å²) in [4.78, 5) is 18.7. The van der Waals surface area contributed by atoms with Crippen molar-refractivity contribution < 1.29 is 23.4 Å². The Morgan fingerprint density at radius 3 is 2.79 bits per heavy atom. The van der Waals surface area contributed by atoms with Crippen LogP contribution < -0.4 is 4.74 Å². The van der Waals surface area contributed by atoms with Crippen LogP contribution in [0, 0.1) is 17.1 Å². The number of rotatable bonds is 5. The number of ether oxygens (including phenoxy) is 3. The summed E-state index contributed by atoms with van der Waals surface area (Å²) in [5.74, 6) is -0.569. The van der Waals surface area contributed by atoms with Crippen molar-refractivity contribution in [3.8, 4) is 11.8 Å². The van der Waals surface area contributed by atoms with E-state index in [9.17, 15) is 14.4 Å². The molecule has 1 aliphatic heterocycles. The van der Waals surface area contributed by atoms with Crippen LogP contribution in [0.25, 0.3) is 0 Å². The van der Waals surface area contributed by atoms with E-state index in [-0.39, 0.29) is 29.0 Å². The molecule has 2 heterocycles. The predicted molar refractivity (Wildman–Crippen MR) is 120 cm³/mol. The second kappa shape index (κ2) is 9.54. The molecule has 176 valence electrons. The Morgan fingerprint density at radius 2 is 2.18 bits per heavy atom. The zero-order valence-corrected chi connectivity index (χ0v) is 20.0. The largest absolute Gasteiger partial charge is 0.484 e. The van der Waals surface area contributed by atoms with Crippen molar-refractivity contribution in [2.75, 3.05) is 6.61 Å². The number of pyridine rings is 1. The van der Waals surface area contributed by atoms with Crippen molar-refractivity contribution in [3.05, 3.63) is 58.6 Å². The summed E-state index contributed by atoms with van der Waals surface area (Å²) < 4.78 is 31.6. The van der Waals surface area contributed by atoms with Crippen LogP contribution >= 0.6 is 11.6 Å². The van der Waals surface area contributed by atoms with Gasteiger partial charge in [0.1, 0.15) is 35.1 Å². The van der Waals surface area contributed by atoms with Crippen LogP contribution in [0.1, 0.15) is 58.3 Å². The number of nitriles is 1. The summed E-state index contributed by atoms with van der Waals surface area (Å²) in [7, 11) is 0. The summed E-state index contributed by atoms with van der Waals surface area (Å²) in [5, 5.41) is 9.29. The SMILES string of the molecule is CC(C)(C)OC(=O)N1[C@@H](C[C@@H](Oc2cc(Cl)c(F)cc2C#N)c2cccnc2)COC1(C)C. The molecule has 9 heteroatoms. The molecular weight excluding hydrogens is 449 g/mol. The molecule has 0 unspecified atom stereocenters. The monoisotopic (exact) mass is 475 g/mol. The maximum atomic E-state index is 13.9. The third-order valence-electron chi connectivity index (χ3n) is 5.12. The van der Waals surface area contributed by atoms with E-state index in [0.717, 1.165) is 11.6 Å². The molecule has 33 heavy (non-hydrogen) atoms. The number of aromatic nitrogens is 1. The Hall–Kier alpha value is -2.89. The van der Waals surface area contributed by atoms with Crippen LogP contribution in [-0.4, -0.2) is 40.0 Å². The molecular formula is C24H27ClFN3O4. The predicted octanol–water partition coefficient (Wildman–Crippen LogP) is 5.63. The third kappa shape index (κ3) is 5.92. The zero-order chi connectivity index (χ0) is 24.4. The molecule has 0 saturated carbocycles. The van der Waals surface area contributed by atoms with E-state index >= 15 is 0 Å². The normalized spacial score (nSPS) is 18.5. The van der Waals surface area contributed by atoms with E-state index < -0.39 is 29.3 Å². The van der Waals surface area contributed by atoms with Crippen LogP contribution in [0.5, 0.6) is 5.75 Å². The number of carbonyl (C=O) groups excluding carboxylic acids is 1. The standard InChI is InChI=1S/C24H27ClFN3O4/c1-23(2,3)33-22(30)29-17(14-31-24(29,4)5)10-20(15-7-6-8-28-13-15)32-21-11-18(25)19(26)9-16(21)12-27/h6-9,11,13,17,20H,10,14H2,1-5H3/t17-,20+/m0/s1. The lowest BCUT2D eigenvalue weighted by Gasteiger charge is -2.36. The molecule has 2 atom stereocenters. The van der Waals surface area contributed by atoms with E-state index in [2.05, 4.69) is 4.98 Å². The molecule has 7 nitrogen and oxygen atoms in total. The summed E-state index contributed by atoms with van der Waals surface area (Å²) in [6, 6.07) is 7.44. The van der Waals surface area contributed by atoms with Gasteiger partial charge in [-0.15, -0.1) is 0 Å². The van der Waals surface area contributed by atoms with Gasteiger partial charge in [0.25, 0.3) is 0 Å².